The highest BCUT2D eigenvalue weighted by Crippen LogP contribution is 2.07. The Labute approximate surface area is 113 Å². The van der Waals surface area contributed by atoms with Crippen molar-refractivity contribution in [2.45, 2.75) is 26.4 Å². The molecule has 0 aliphatic carbocycles. The average molecular weight is 260 g/mol. The molecular formula is C14H20N4O. The second kappa shape index (κ2) is 6.89. The van der Waals surface area contributed by atoms with Gasteiger partial charge in [-0.3, -0.25) is 9.88 Å². The van der Waals surface area contributed by atoms with Crippen LogP contribution in [0.1, 0.15) is 24.8 Å². The lowest BCUT2D eigenvalue weighted by molar-refractivity contribution is 0.284. The Morgan fingerprint density at radius 1 is 1.26 bits per heavy atom. The van der Waals surface area contributed by atoms with Crippen molar-refractivity contribution < 1.29 is 4.42 Å². The molecular weight excluding hydrogens is 240 g/mol. The Kier molecular flexibility index (Phi) is 4.92. The third kappa shape index (κ3) is 4.37. The minimum atomic E-state index is 0.752. The van der Waals surface area contributed by atoms with Gasteiger partial charge in [0.15, 0.2) is 0 Å². The van der Waals surface area contributed by atoms with Crippen LogP contribution in [-0.4, -0.2) is 28.5 Å². The van der Waals surface area contributed by atoms with Gasteiger partial charge in [-0.1, -0.05) is 6.92 Å². The molecule has 0 aromatic carbocycles. The van der Waals surface area contributed by atoms with Crippen molar-refractivity contribution in [3.8, 4) is 0 Å². The first-order chi connectivity index (χ1) is 9.28. The van der Waals surface area contributed by atoms with E-state index < -0.39 is 0 Å². The fourth-order valence-corrected chi connectivity index (χ4v) is 1.78. The van der Waals surface area contributed by atoms with Gasteiger partial charge in [-0.25, -0.2) is 4.98 Å². The predicted octanol–water partition coefficient (Wildman–Crippen LogP) is 2.52. The van der Waals surface area contributed by atoms with Gasteiger partial charge in [-0.2, -0.15) is 0 Å². The topological polar surface area (TPSA) is 54.2 Å². The van der Waals surface area contributed by atoms with Crippen LogP contribution in [0.25, 0.3) is 0 Å². The third-order valence-corrected chi connectivity index (χ3v) is 2.70. The highest BCUT2D eigenvalue weighted by Gasteiger charge is 2.05. The number of hydrogen-bond donors (Lipinski definition) is 1. The fourth-order valence-electron chi connectivity index (χ4n) is 1.78. The molecule has 0 saturated carbocycles. The predicted molar refractivity (Wildman–Crippen MR) is 74.7 cm³/mol. The van der Waals surface area contributed by atoms with Crippen molar-refractivity contribution in [3.05, 3.63) is 42.2 Å². The van der Waals surface area contributed by atoms with Crippen LogP contribution in [0.15, 0.2) is 35.2 Å². The molecule has 0 bridgehead atoms. The van der Waals surface area contributed by atoms with Crippen LogP contribution in [0.3, 0.4) is 0 Å². The summed E-state index contributed by atoms with van der Waals surface area (Å²) in [5.41, 5.74) is 0.955. The van der Waals surface area contributed by atoms with E-state index in [9.17, 15) is 0 Å². The maximum atomic E-state index is 5.32. The average Bonchev–Trinajstić information content (AvgIpc) is 2.90. The molecule has 0 amide bonds. The van der Waals surface area contributed by atoms with E-state index >= 15 is 0 Å². The molecule has 2 rings (SSSR count). The summed E-state index contributed by atoms with van der Waals surface area (Å²) in [6, 6.07) is 3.87. The maximum Gasteiger partial charge on any atom is 0.144 e. The van der Waals surface area contributed by atoms with Gasteiger partial charge in [-0.05, 0) is 25.6 Å². The molecule has 0 saturated heterocycles. The highest BCUT2D eigenvalue weighted by atomic mass is 16.3. The van der Waals surface area contributed by atoms with Crippen molar-refractivity contribution in [2.24, 2.45) is 0 Å². The molecule has 0 atom stereocenters. The van der Waals surface area contributed by atoms with Crippen LogP contribution >= 0.6 is 0 Å². The minimum Gasteiger partial charge on any atom is -0.468 e. The first-order valence-corrected chi connectivity index (χ1v) is 6.53. The fraction of sp³-hybridized carbons (Fsp3) is 0.429. The van der Waals surface area contributed by atoms with Gasteiger partial charge in [-0.15, -0.1) is 0 Å². The van der Waals surface area contributed by atoms with Gasteiger partial charge in [0, 0.05) is 13.1 Å². The molecule has 0 aliphatic heterocycles. The summed E-state index contributed by atoms with van der Waals surface area (Å²) in [6.45, 7) is 4.57. The first kappa shape index (κ1) is 13.5. The third-order valence-electron chi connectivity index (χ3n) is 2.70. The first-order valence-electron chi connectivity index (χ1n) is 6.53. The Morgan fingerprint density at radius 3 is 2.79 bits per heavy atom. The summed E-state index contributed by atoms with van der Waals surface area (Å²) in [7, 11) is 2.04. The smallest absolute Gasteiger partial charge is 0.144 e. The van der Waals surface area contributed by atoms with Crippen LogP contribution in [0.2, 0.25) is 0 Å². The number of anilines is 1. The number of nitrogens with one attached hydrogen (secondary N) is 1. The van der Waals surface area contributed by atoms with Crippen LogP contribution in [0.4, 0.5) is 5.82 Å². The largest absolute Gasteiger partial charge is 0.468 e. The standard InChI is InChI=1S/C14H20N4O/c1-3-6-15-14-9-16-12(8-17-14)10-18(2)11-13-5-4-7-19-13/h4-5,7-9H,3,6,10-11H2,1-2H3,(H,15,17). The summed E-state index contributed by atoms with van der Waals surface area (Å²) in [5.74, 6) is 1.79. The second-order valence-electron chi connectivity index (χ2n) is 4.57. The molecule has 1 N–H and O–H groups in total. The van der Waals surface area contributed by atoms with E-state index in [-0.39, 0.29) is 0 Å². The number of nitrogens with zero attached hydrogens (tertiary/aromatic N) is 3. The lowest BCUT2D eigenvalue weighted by Gasteiger charge is -2.14. The number of rotatable bonds is 7. The Bertz CT molecular complexity index is 467. The summed E-state index contributed by atoms with van der Waals surface area (Å²) in [4.78, 5) is 10.9. The molecule has 2 aromatic heterocycles. The molecule has 2 heterocycles. The molecule has 0 aliphatic rings. The molecule has 0 fully saturated rings. The number of aromatic nitrogens is 2. The van der Waals surface area contributed by atoms with Gasteiger partial charge in [0.05, 0.1) is 30.9 Å². The van der Waals surface area contributed by atoms with Gasteiger partial charge >= 0.3 is 0 Å². The van der Waals surface area contributed by atoms with Crippen LogP contribution < -0.4 is 5.32 Å². The normalized spacial score (nSPS) is 10.9. The van der Waals surface area contributed by atoms with Crippen LogP contribution in [0, 0.1) is 0 Å². The van der Waals surface area contributed by atoms with Gasteiger partial charge in [0.2, 0.25) is 0 Å². The van der Waals surface area contributed by atoms with E-state index in [4.69, 9.17) is 4.42 Å². The Morgan fingerprint density at radius 2 is 2.16 bits per heavy atom. The van der Waals surface area contributed by atoms with Gasteiger partial charge in [0.1, 0.15) is 11.6 Å². The van der Waals surface area contributed by atoms with Gasteiger partial charge in [0.25, 0.3) is 0 Å². The van der Waals surface area contributed by atoms with E-state index in [1.54, 1.807) is 12.5 Å². The number of furan rings is 1. The Balaban J connectivity index is 1.84. The summed E-state index contributed by atoms with van der Waals surface area (Å²) >= 11 is 0. The monoisotopic (exact) mass is 260 g/mol. The molecule has 0 spiro atoms. The Hall–Kier alpha value is -1.88. The van der Waals surface area contributed by atoms with E-state index in [0.29, 0.717) is 0 Å². The van der Waals surface area contributed by atoms with Crippen molar-refractivity contribution in [1.82, 2.24) is 14.9 Å². The SMILES string of the molecule is CCCNc1cnc(CN(C)Cc2ccco2)cn1. The molecule has 19 heavy (non-hydrogen) atoms. The quantitative estimate of drug-likeness (QED) is 0.829. The molecule has 5 heteroatoms. The summed E-state index contributed by atoms with van der Waals surface area (Å²) < 4.78 is 5.32. The minimum absolute atomic E-state index is 0.752. The summed E-state index contributed by atoms with van der Waals surface area (Å²) in [5, 5.41) is 3.21. The second-order valence-corrected chi connectivity index (χ2v) is 4.57. The molecule has 102 valence electrons. The van der Waals surface area contributed by atoms with Crippen molar-refractivity contribution in [1.29, 1.82) is 0 Å². The molecule has 2 aromatic rings. The van der Waals surface area contributed by atoms with E-state index in [2.05, 4.69) is 27.1 Å². The zero-order valence-electron chi connectivity index (χ0n) is 11.5. The van der Waals surface area contributed by atoms with Crippen molar-refractivity contribution >= 4 is 5.82 Å². The van der Waals surface area contributed by atoms with E-state index in [1.807, 2.05) is 25.4 Å². The van der Waals surface area contributed by atoms with Crippen molar-refractivity contribution in [3.63, 3.8) is 0 Å². The lowest BCUT2D eigenvalue weighted by atomic mass is 10.3. The van der Waals surface area contributed by atoms with Gasteiger partial charge < -0.3 is 9.73 Å². The molecule has 5 nitrogen and oxygen atoms in total. The van der Waals surface area contributed by atoms with Crippen LogP contribution in [0.5, 0.6) is 0 Å². The maximum absolute atomic E-state index is 5.32. The zero-order valence-corrected chi connectivity index (χ0v) is 11.5. The molecule has 0 unspecified atom stereocenters. The number of hydrogen-bond acceptors (Lipinski definition) is 5. The summed E-state index contributed by atoms with van der Waals surface area (Å²) in [6.07, 6.45) is 6.37. The lowest BCUT2D eigenvalue weighted by Crippen LogP contribution is -2.18. The highest BCUT2D eigenvalue weighted by molar-refractivity contribution is 5.30. The van der Waals surface area contributed by atoms with Crippen molar-refractivity contribution in [2.75, 3.05) is 18.9 Å². The van der Waals surface area contributed by atoms with Crippen LogP contribution in [-0.2, 0) is 13.1 Å². The molecule has 0 radical (unpaired) electrons. The van der Waals surface area contributed by atoms with E-state index in [0.717, 1.165) is 43.3 Å². The zero-order chi connectivity index (χ0) is 13.5. The van der Waals surface area contributed by atoms with E-state index in [1.165, 1.54) is 0 Å².